The van der Waals surface area contributed by atoms with Crippen molar-refractivity contribution in [3.8, 4) is 0 Å². The Kier molecular flexibility index (Phi) is 7.54. The van der Waals surface area contributed by atoms with Gasteiger partial charge in [0.05, 0.1) is 13.1 Å². The van der Waals surface area contributed by atoms with E-state index in [2.05, 4.69) is 26.6 Å². The van der Waals surface area contributed by atoms with Crippen LogP contribution >= 0.6 is 0 Å². The first-order valence-corrected chi connectivity index (χ1v) is 13.6. The zero-order chi connectivity index (χ0) is 19.5. The van der Waals surface area contributed by atoms with Crippen molar-refractivity contribution in [3.05, 3.63) is 0 Å². The van der Waals surface area contributed by atoms with E-state index < -0.39 is 23.9 Å². The van der Waals surface area contributed by atoms with Crippen LogP contribution in [0.4, 0.5) is 13.2 Å². The SMILES string of the molecule is CCC[C@H](O[Si](C)(C)C)[C@H]1C[N+]12CCCCC2.O=S(=O)([O-])C(F)(F)F. The quantitative estimate of drug-likeness (QED) is 0.231. The van der Waals surface area contributed by atoms with E-state index in [4.69, 9.17) is 17.4 Å². The predicted octanol–water partition coefficient (Wildman–Crippen LogP) is 3.44. The molecule has 10 heteroatoms. The van der Waals surface area contributed by atoms with Crippen molar-refractivity contribution in [1.29, 1.82) is 0 Å². The van der Waals surface area contributed by atoms with Gasteiger partial charge < -0.3 is 13.5 Å². The van der Waals surface area contributed by atoms with Gasteiger partial charge in [-0.1, -0.05) is 13.3 Å². The molecule has 25 heavy (non-hydrogen) atoms. The number of nitrogens with zero attached hydrogens (tertiary/aromatic N) is 1. The van der Waals surface area contributed by atoms with E-state index >= 15 is 0 Å². The van der Waals surface area contributed by atoms with Crippen LogP contribution in [0.1, 0.15) is 39.0 Å². The van der Waals surface area contributed by atoms with E-state index in [9.17, 15) is 13.2 Å². The second-order valence-electron chi connectivity index (χ2n) is 7.93. The number of halogens is 3. The van der Waals surface area contributed by atoms with E-state index in [0.29, 0.717) is 6.10 Å². The zero-order valence-corrected chi connectivity index (χ0v) is 17.3. The molecule has 2 atom stereocenters. The molecule has 0 aromatic carbocycles. The highest BCUT2D eigenvalue weighted by Gasteiger charge is 2.59. The molecule has 0 aromatic rings. The summed E-state index contributed by atoms with van der Waals surface area (Å²) in [6.45, 7) is 13.6. The molecule has 0 amide bonds. The highest BCUT2D eigenvalue weighted by Crippen LogP contribution is 2.40. The maximum absolute atomic E-state index is 10.7. The summed E-state index contributed by atoms with van der Waals surface area (Å²) < 4.78 is 66.8. The average Bonchev–Trinajstić information content (AvgIpc) is 3.09. The molecule has 1 spiro atoms. The Morgan fingerprint density at radius 1 is 1.20 bits per heavy atom. The minimum absolute atomic E-state index is 0.560. The fourth-order valence-electron chi connectivity index (χ4n) is 3.52. The fraction of sp³-hybridized carbons (Fsp3) is 1.00. The zero-order valence-electron chi connectivity index (χ0n) is 15.4. The van der Waals surface area contributed by atoms with Gasteiger partial charge in [0.2, 0.25) is 0 Å². The van der Waals surface area contributed by atoms with Gasteiger partial charge in [0.1, 0.15) is 12.6 Å². The molecular weight excluding hydrogens is 375 g/mol. The van der Waals surface area contributed by atoms with E-state index in [1.54, 1.807) is 0 Å². The summed E-state index contributed by atoms with van der Waals surface area (Å²) >= 11 is 0. The number of alkyl halides is 3. The Bertz CT molecular complexity index is 528. The van der Waals surface area contributed by atoms with E-state index in [-0.39, 0.29) is 0 Å². The summed E-state index contributed by atoms with van der Waals surface area (Å²) in [6, 6.07) is 0.849. The second kappa shape index (κ2) is 8.24. The molecular formula is C15H30F3NO4SSi. The highest BCUT2D eigenvalue weighted by molar-refractivity contribution is 7.86. The summed E-state index contributed by atoms with van der Waals surface area (Å²) in [6.07, 6.45) is 7.45. The van der Waals surface area contributed by atoms with Crippen molar-refractivity contribution in [2.45, 2.75) is 76.3 Å². The summed E-state index contributed by atoms with van der Waals surface area (Å²) in [5, 5.41) is 0. The molecule has 0 N–H and O–H groups in total. The Labute approximate surface area is 150 Å². The molecule has 0 unspecified atom stereocenters. The maximum atomic E-state index is 10.7. The minimum Gasteiger partial charge on any atom is -0.741 e. The van der Waals surface area contributed by atoms with Crippen LogP contribution in [0.15, 0.2) is 0 Å². The number of hydrogen-bond donors (Lipinski definition) is 0. The van der Waals surface area contributed by atoms with Crippen LogP contribution in [0, 0.1) is 0 Å². The van der Waals surface area contributed by atoms with Gasteiger partial charge in [0.25, 0.3) is 0 Å². The third kappa shape index (κ3) is 7.16. The molecule has 2 rings (SSSR count). The van der Waals surface area contributed by atoms with Gasteiger partial charge in [-0.25, -0.2) is 8.42 Å². The molecule has 0 aromatic heterocycles. The minimum atomic E-state index is -6.09. The Morgan fingerprint density at radius 2 is 1.68 bits per heavy atom. The molecule has 2 fully saturated rings. The lowest BCUT2D eigenvalue weighted by molar-refractivity contribution is -0.821. The first-order chi connectivity index (χ1) is 11.2. The number of rotatable bonds is 5. The van der Waals surface area contributed by atoms with E-state index in [0.717, 1.165) is 6.04 Å². The Morgan fingerprint density at radius 3 is 2.04 bits per heavy atom. The lowest BCUT2D eigenvalue weighted by Gasteiger charge is -2.30. The third-order valence-corrected chi connectivity index (χ3v) is 6.20. The molecule has 0 bridgehead atoms. The molecule has 2 saturated heterocycles. The molecule has 2 aliphatic heterocycles. The molecule has 2 heterocycles. The lowest BCUT2D eigenvalue weighted by atomic mass is 10.1. The van der Waals surface area contributed by atoms with Crippen LogP contribution in [0.3, 0.4) is 0 Å². The third-order valence-electron chi connectivity index (χ3n) is 4.62. The normalized spacial score (nSPS) is 24.4. The number of hydrogen-bond acceptors (Lipinski definition) is 4. The molecule has 2 aliphatic rings. The monoisotopic (exact) mass is 405 g/mol. The first kappa shape index (κ1) is 22.9. The van der Waals surface area contributed by atoms with Gasteiger partial charge in [0, 0.05) is 0 Å². The average molecular weight is 406 g/mol. The van der Waals surface area contributed by atoms with Crippen LogP contribution in [-0.4, -0.2) is 63.1 Å². The molecule has 150 valence electrons. The van der Waals surface area contributed by atoms with Crippen molar-refractivity contribution in [1.82, 2.24) is 0 Å². The van der Waals surface area contributed by atoms with E-state index in [1.807, 2.05) is 0 Å². The molecule has 0 aliphatic carbocycles. The standard InChI is InChI=1S/C14H30NOSi.CHF3O3S/c1-5-9-14(16-17(2,3)4)13-12-15(13)10-7-6-8-11-15;2-1(3,4)8(5,6)7/h13-14H,5-12H2,1-4H3;(H,5,6,7)/q+1;/p-1/t13-,14+;/m1./s1. The van der Waals surface area contributed by atoms with Gasteiger partial charge >= 0.3 is 5.51 Å². The second-order valence-corrected chi connectivity index (χ2v) is 13.8. The smallest absolute Gasteiger partial charge is 0.485 e. The number of quaternary nitrogens is 1. The fourth-order valence-corrected chi connectivity index (χ4v) is 4.70. The highest BCUT2D eigenvalue weighted by atomic mass is 32.2. The van der Waals surface area contributed by atoms with Gasteiger partial charge in [-0.3, -0.25) is 0 Å². The summed E-state index contributed by atoms with van der Waals surface area (Å²) in [5.41, 5.74) is -5.65. The molecule has 5 nitrogen and oxygen atoms in total. The van der Waals surface area contributed by atoms with Crippen LogP contribution in [-0.2, 0) is 14.5 Å². The first-order valence-electron chi connectivity index (χ1n) is 8.77. The Hall–Kier alpha value is -0.163. The van der Waals surface area contributed by atoms with Crippen molar-refractivity contribution in [3.63, 3.8) is 0 Å². The van der Waals surface area contributed by atoms with Gasteiger partial charge in [0.15, 0.2) is 24.5 Å². The van der Waals surface area contributed by atoms with E-state index in [1.165, 1.54) is 56.2 Å². The lowest BCUT2D eigenvalue weighted by Crippen LogP contribution is -2.42. The Balaban J connectivity index is 0.000000333. The van der Waals surface area contributed by atoms with Crippen LogP contribution in [0.5, 0.6) is 0 Å². The maximum Gasteiger partial charge on any atom is 0.485 e. The molecule has 0 saturated carbocycles. The predicted molar refractivity (Wildman–Crippen MR) is 91.4 cm³/mol. The van der Waals surface area contributed by atoms with Crippen molar-refractivity contribution in [2.75, 3.05) is 19.6 Å². The van der Waals surface area contributed by atoms with Crippen LogP contribution < -0.4 is 0 Å². The summed E-state index contributed by atoms with van der Waals surface area (Å²) in [5.74, 6) is 0. The topological polar surface area (TPSA) is 66.4 Å². The van der Waals surface area contributed by atoms with Gasteiger partial charge in [-0.05, 0) is 45.3 Å². The van der Waals surface area contributed by atoms with Gasteiger partial charge in [-0.2, -0.15) is 13.2 Å². The summed E-state index contributed by atoms with van der Waals surface area (Å²) in [7, 11) is -7.46. The largest absolute Gasteiger partial charge is 0.741 e. The van der Waals surface area contributed by atoms with Crippen molar-refractivity contribution >= 4 is 18.4 Å². The van der Waals surface area contributed by atoms with Crippen molar-refractivity contribution < 1.29 is 35.1 Å². The summed E-state index contributed by atoms with van der Waals surface area (Å²) in [4.78, 5) is 0. The number of piperidine rings is 1. The van der Waals surface area contributed by atoms with Crippen molar-refractivity contribution in [2.24, 2.45) is 0 Å². The molecule has 0 radical (unpaired) electrons. The van der Waals surface area contributed by atoms with Crippen LogP contribution in [0.25, 0.3) is 0 Å². The van der Waals surface area contributed by atoms with Gasteiger partial charge in [-0.15, -0.1) is 0 Å². The van der Waals surface area contributed by atoms with Crippen LogP contribution in [0.2, 0.25) is 19.6 Å².